The summed E-state index contributed by atoms with van der Waals surface area (Å²) in [7, 11) is 1.65. The van der Waals surface area contributed by atoms with Gasteiger partial charge in [-0.15, -0.1) is 0 Å². The van der Waals surface area contributed by atoms with E-state index < -0.39 is 0 Å². The van der Waals surface area contributed by atoms with Crippen LogP contribution in [0.3, 0.4) is 0 Å². The molecule has 27 heavy (non-hydrogen) atoms. The molecule has 1 amide bonds. The number of pyridine rings is 1. The third-order valence-corrected chi connectivity index (χ3v) is 5.27. The van der Waals surface area contributed by atoms with Gasteiger partial charge in [0.25, 0.3) is 5.56 Å². The van der Waals surface area contributed by atoms with Crippen molar-refractivity contribution >= 4 is 5.91 Å². The molecule has 3 rings (SSSR count). The Bertz CT molecular complexity index is 889. The molecule has 0 radical (unpaired) electrons. The number of H-pyrrole nitrogens is 1. The van der Waals surface area contributed by atoms with Crippen molar-refractivity contribution in [3.05, 3.63) is 51.9 Å². The summed E-state index contributed by atoms with van der Waals surface area (Å²) in [5, 5.41) is 3.03. The molecule has 5 heteroatoms. The summed E-state index contributed by atoms with van der Waals surface area (Å²) in [5.41, 5.74) is 3.04. The van der Waals surface area contributed by atoms with E-state index in [-0.39, 0.29) is 22.8 Å². The maximum absolute atomic E-state index is 12.4. The van der Waals surface area contributed by atoms with Crippen LogP contribution in [0.1, 0.15) is 51.2 Å². The molecule has 1 aliphatic carbocycles. The van der Waals surface area contributed by atoms with Crippen molar-refractivity contribution in [2.75, 3.05) is 7.11 Å². The number of aromatic amines is 1. The van der Waals surface area contributed by atoms with Gasteiger partial charge in [0.05, 0.1) is 7.11 Å². The fraction of sp³-hybridized carbons (Fsp3) is 0.455. The van der Waals surface area contributed by atoms with Crippen LogP contribution < -0.4 is 15.6 Å². The zero-order valence-corrected chi connectivity index (χ0v) is 16.5. The van der Waals surface area contributed by atoms with E-state index in [2.05, 4.69) is 31.1 Å². The van der Waals surface area contributed by atoms with E-state index in [9.17, 15) is 9.59 Å². The third-order valence-electron chi connectivity index (χ3n) is 5.27. The van der Waals surface area contributed by atoms with Crippen LogP contribution in [0.4, 0.5) is 0 Å². The van der Waals surface area contributed by atoms with Crippen molar-refractivity contribution in [3.63, 3.8) is 0 Å². The van der Waals surface area contributed by atoms with E-state index in [0.29, 0.717) is 12.1 Å². The second-order valence-electron chi connectivity index (χ2n) is 8.22. The summed E-state index contributed by atoms with van der Waals surface area (Å²) in [6, 6.07) is 7.59. The van der Waals surface area contributed by atoms with Crippen LogP contribution in [-0.4, -0.2) is 18.0 Å². The number of hydrogen-bond acceptors (Lipinski definition) is 3. The molecule has 0 bridgehead atoms. The largest absolute Gasteiger partial charge is 0.496 e. The Morgan fingerprint density at radius 2 is 2.00 bits per heavy atom. The van der Waals surface area contributed by atoms with Gasteiger partial charge < -0.3 is 15.0 Å². The fourth-order valence-electron chi connectivity index (χ4n) is 3.40. The van der Waals surface area contributed by atoms with Gasteiger partial charge in [0.15, 0.2) is 0 Å². The smallest absolute Gasteiger partial charge is 0.255 e. The Labute approximate surface area is 160 Å². The van der Waals surface area contributed by atoms with Gasteiger partial charge in [-0.1, -0.05) is 27.2 Å². The molecule has 5 nitrogen and oxygen atoms in total. The molecule has 0 aliphatic heterocycles. The molecular formula is C22H28N2O3. The van der Waals surface area contributed by atoms with Crippen molar-refractivity contribution in [3.8, 4) is 16.9 Å². The first-order chi connectivity index (χ1) is 12.8. The van der Waals surface area contributed by atoms with E-state index in [4.69, 9.17) is 4.74 Å². The summed E-state index contributed by atoms with van der Waals surface area (Å²) in [6.45, 7) is 6.71. The predicted molar refractivity (Wildman–Crippen MR) is 107 cm³/mol. The molecule has 1 saturated carbocycles. The highest BCUT2D eigenvalue weighted by atomic mass is 16.5. The van der Waals surface area contributed by atoms with E-state index in [1.807, 2.05) is 24.3 Å². The molecule has 1 aliphatic rings. The van der Waals surface area contributed by atoms with Crippen LogP contribution in [0, 0.1) is 5.92 Å². The van der Waals surface area contributed by atoms with Gasteiger partial charge in [0.2, 0.25) is 5.91 Å². The van der Waals surface area contributed by atoms with E-state index >= 15 is 0 Å². The molecule has 2 N–H and O–H groups in total. The zero-order chi connectivity index (χ0) is 19.6. The van der Waals surface area contributed by atoms with Gasteiger partial charge in [0, 0.05) is 29.8 Å². The zero-order valence-electron chi connectivity index (χ0n) is 16.5. The van der Waals surface area contributed by atoms with Gasteiger partial charge in [-0.3, -0.25) is 9.59 Å². The molecule has 144 valence electrons. The number of carbonyl (C=O) groups excluding carboxylic acids is 1. The average Bonchev–Trinajstić information content (AvgIpc) is 2.57. The van der Waals surface area contributed by atoms with Crippen molar-refractivity contribution in [1.82, 2.24) is 10.3 Å². The number of ether oxygens (including phenoxy) is 1. The minimum absolute atomic E-state index is 0.0908. The molecule has 1 aromatic heterocycles. The van der Waals surface area contributed by atoms with Gasteiger partial charge in [-0.2, -0.15) is 0 Å². The highest BCUT2D eigenvalue weighted by Gasteiger charge is 2.26. The maximum Gasteiger partial charge on any atom is 0.255 e. The molecule has 0 unspecified atom stereocenters. The number of hydrogen-bond donors (Lipinski definition) is 2. The second-order valence-corrected chi connectivity index (χ2v) is 8.22. The lowest BCUT2D eigenvalue weighted by Crippen LogP contribution is -2.34. The van der Waals surface area contributed by atoms with Crippen molar-refractivity contribution in [2.45, 2.75) is 52.0 Å². The first-order valence-corrected chi connectivity index (χ1v) is 9.48. The van der Waals surface area contributed by atoms with E-state index in [1.54, 1.807) is 13.3 Å². The molecule has 0 atom stereocenters. The highest BCUT2D eigenvalue weighted by Crippen LogP contribution is 2.37. The minimum atomic E-state index is -0.144. The SMILES string of the molecule is COc1cc(CNC(=O)C2CCC2)c(-c2ccc[nH]c2=O)cc1C(C)(C)C. The molecule has 2 aromatic rings. The fourth-order valence-corrected chi connectivity index (χ4v) is 3.40. The Morgan fingerprint density at radius 1 is 1.26 bits per heavy atom. The molecule has 1 aromatic carbocycles. The Kier molecular flexibility index (Phi) is 5.40. The number of amides is 1. The number of rotatable bonds is 5. The topological polar surface area (TPSA) is 71.2 Å². The van der Waals surface area contributed by atoms with Crippen LogP contribution in [0.2, 0.25) is 0 Å². The standard InChI is InChI=1S/C22H28N2O3/c1-22(2,3)18-12-17(16-9-6-10-23-21(16)26)15(11-19(18)27-4)13-24-20(25)14-7-5-8-14/h6,9-12,14H,5,7-8,13H2,1-4H3,(H,23,26)(H,24,25). The predicted octanol–water partition coefficient (Wildman–Crippen LogP) is 3.76. The van der Waals surface area contributed by atoms with Gasteiger partial charge in [-0.25, -0.2) is 0 Å². The van der Waals surface area contributed by atoms with Crippen molar-refractivity contribution in [2.24, 2.45) is 5.92 Å². The van der Waals surface area contributed by atoms with Crippen molar-refractivity contribution in [1.29, 1.82) is 0 Å². The summed E-state index contributed by atoms with van der Waals surface area (Å²) in [5.74, 6) is 0.990. The summed E-state index contributed by atoms with van der Waals surface area (Å²) in [4.78, 5) is 27.4. The molecule has 0 spiro atoms. The lowest BCUT2D eigenvalue weighted by atomic mass is 9.83. The van der Waals surface area contributed by atoms with Crippen LogP contribution >= 0.6 is 0 Å². The van der Waals surface area contributed by atoms with Crippen LogP contribution in [0.15, 0.2) is 35.3 Å². The Morgan fingerprint density at radius 3 is 2.56 bits per heavy atom. The summed E-state index contributed by atoms with van der Waals surface area (Å²) >= 11 is 0. The van der Waals surface area contributed by atoms with Crippen molar-refractivity contribution < 1.29 is 9.53 Å². The lowest BCUT2D eigenvalue weighted by Gasteiger charge is -2.26. The van der Waals surface area contributed by atoms with Gasteiger partial charge >= 0.3 is 0 Å². The molecule has 1 fully saturated rings. The highest BCUT2D eigenvalue weighted by molar-refractivity contribution is 5.80. The van der Waals surface area contributed by atoms with E-state index in [0.717, 1.165) is 41.7 Å². The van der Waals surface area contributed by atoms with Gasteiger partial charge in [-0.05, 0) is 53.6 Å². The number of nitrogens with one attached hydrogen (secondary N) is 2. The number of benzene rings is 1. The average molecular weight is 368 g/mol. The summed E-state index contributed by atoms with van der Waals surface area (Å²) in [6.07, 6.45) is 4.67. The first-order valence-electron chi connectivity index (χ1n) is 9.48. The van der Waals surface area contributed by atoms with Crippen LogP contribution in [-0.2, 0) is 16.8 Å². The molecule has 0 saturated heterocycles. The Hall–Kier alpha value is -2.56. The van der Waals surface area contributed by atoms with Crippen LogP contribution in [0.5, 0.6) is 5.75 Å². The maximum atomic E-state index is 12.4. The normalized spacial score (nSPS) is 14.5. The molecule has 1 heterocycles. The number of carbonyl (C=O) groups is 1. The lowest BCUT2D eigenvalue weighted by molar-refractivity contribution is -0.127. The van der Waals surface area contributed by atoms with Crippen LogP contribution in [0.25, 0.3) is 11.1 Å². The number of methoxy groups -OCH3 is 1. The monoisotopic (exact) mass is 368 g/mol. The third kappa shape index (κ3) is 4.07. The second kappa shape index (κ2) is 7.59. The van der Waals surface area contributed by atoms with E-state index in [1.165, 1.54) is 0 Å². The quantitative estimate of drug-likeness (QED) is 0.844. The first kappa shape index (κ1) is 19.2. The Balaban J connectivity index is 2.05. The number of aromatic nitrogens is 1. The summed E-state index contributed by atoms with van der Waals surface area (Å²) < 4.78 is 5.62. The van der Waals surface area contributed by atoms with Gasteiger partial charge in [0.1, 0.15) is 5.75 Å². The molecular weight excluding hydrogens is 340 g/mol. The minimum Gasteiger partial charge on any atom is -0.496 e.